The number of hydrogen-bond donors (Lipinski definition) is 2. The summed E-state index contributed by atoms with van der Waals surface area (Å²) >= 11 is 6.30. The topological polar surface area (TPSA) is 116 Å². The molecule has 0 radical (unpaired) electrons. The van der Waals surface area contributed by atoms with E-state index in [9.17, 15) is 8.42 Å². The summed E-state index contributed by atoms with van der Waals surface area (Å²) in [4.78, 5) is 13.0. The lowest BCUT2D eigenvalue weighted by Crippen LogP contribution is -2.11. The van der Waals surface area contributed by atoms with E-state index in [1.807, 2.05) is 29.8 Å². The summed E-state index contributed by atoms with van der Waals surface area (Å²) < 4.78 is 24.8. The Morgan fingerprint density at radius 1 is 1.10 bits per heavy atom. The first-order valence-corrected chi connectivity index (χ1v) is 10.7. The van der Waals surface area contributed by atoms with Crippen LogP contribution in [0.15, 0.2) is 59.9 Å². The van der Waals surface area contributed by atoms with Gasteiger partial charge in [0.25, 0.3) is 0 Å². The first-order chi connectivity index (χ1) is 13.9. The third kappa shape index (κ3) is 3.80. The number of anilines is 2. The van der Waals surface area contributed by atoms with Crippen molar-refractivity contribution in [3.63, 3.8) is 0 Å². The molecule has 4 rings (SSSR count). The van der Waals surface area contributed by atoms with Crippen molar-refractivity contribution < 1.29 is 8.42 Å². The maximum absolute atomic E-state index is 11.4. The zero-order chi connectivity index (χ0) is 20.6. The lowest BCUT2D eigenvalue weighted by atomic mass is 10.1. The number of nitrogens with two attached hydrogens (primary N) is 1. The molecule has 0 aliphatic carbocycles. The van der Waals surface area contributed by atoms with E-state index in [0.717, 1.165) is 28.7 Å². The van der Waals surface area contributed by atoms with Gasteiger partial charge in [0.2, 0.25) is 16.0 Å². The molecule has 0 saturated heterocycles. The van der Waals surface area contributed by atoms with Gasteiger partial charge in [-0.25, -0.2) is 28.5 Å². The van der Waals surface area contributed by atoms with Crippen LogP contribution in [0, 0.1) is 0 Å². The average Bonchev–Trinajstić information content (AvgIpc) is 3.08. The summed E-state index contributed by atoms with van der Waals surface area (Å²) in [6, 6.07) is 9.77. The lowest BCUT2D eigenvalue weighted by Gasteiger charge is -2.07. The second-order valence-electron chi connectivity index (χ2n) is 6.29. The van der Waals surface area contributed by atoms with E-state index in [-0.39, 0.29) is 4.90 Å². The van der Waals surface area contributed by atoms with Crippen LogP contribution in [-0.2, 0) is 16.6 Å². The maximum Gasteiger partial charge on any atom is 0.238 e. The molecule has 0 atom stereocenters. The Hall–Kier alpha value is -3.01. The van der Waals surface area contributed by atoms with Gasteiger partial charge in [-0.15, -0.1) is 0 Å². The minimum absolute atomic E-state index is 0.0376. The van der Waals surface area contributed by atoms with Crippen LogP contribution < -0.4 is 10.5 Å². The number of sulfonamides is 1. The first-order valence-electron chi connectivity index (χ1n) is 8.73. The fourth-order valence-corrected chi connectivity index (χ4v) is 3.87. The van der Waals surface area contributed by atoms with Crippen LogP contribution in [-0.4, -0.2) is 27.9 Å². The number of aryl methyl sites for hydroxylation is 1. The number of pyridine rings is 1. The van der Waals surface area contributed by atoms with Crippen LogP contribution in [0.2, 0.25) is 5.15 Å². The second kappa shape index (κ2) is 7.43. The Morgan fingerprint density at radius 2 is 1.83 bits per heavy atom. The van der Waals surface area contributed by atoms with Gasteiger partial charge in [-0.1, -0.05) is 11.6 Å². The molecule has 0 saturated carbocycles. The van der Waals surface area contributed by atoms with Crippen molar-refractivity contribution in [2.45, 2.75) is 18.4 Å². The molecule has 3 heterocycles. The summed E-state index contributed by atoms with van der Waals surface area (Å²) in [6.45, 7) is 2.78. The molecule has 3 aromatic heterocycles. The van der Waals surface area contributed by atoms with E-state index in [4.69, 9.17) is 16.7 Å². The maximum atomic E-state index is 11.4. The Kier molecular flexibility index (Phi) is 4.95. The Labute approximate surface area is 172 Å². The standard InChI is InChI=1S/C19H17ClN6O2S/c1-2-26-11-15(14-7-9-22-18(20)17(14)26)16-8-10-23-19(25-16)24-12-3-5-13(6-4-12)29(21,27)28/h3-11H,2H2,1H3,(H2,21,27,28)(H,23,24,25). The summed E-state index contributed by atoms with van der Waals surface area (Å²) in [5, 5.41) is 9.59. The number of benzene rings is 1. The quantitative estimate of drug-likeness (QED) is 0.469. The predicted octanol–water partition coefficient (Wildman–Crippen LogP) is 3.56. The molecule has 0 unspecified atom stereocenters. The number of fused-ring (bicyclic) bond motifs is 1. The van der Waals surface area contributed by atoms with Gasteiger partial charge in [0.15, 0.2) is 5.15 Å². The average molecular weight is 429 g/mol. The molecule has 0 spiro atoms. The molecule has 3 N–H and O–H groups in total. The van der Waals surface area contributed by atoms with Crippen LogP contribution in [0.5, 0.6) is 0 Å². The minimum atomic E-state index is -3.74. The summed E-state index contributed by atoms with van der Waals surface area (Å²) in [6.07, 6.45) is 5.31. The van der Waals surface area contributed by atoms with E-state index in [1.165, 1.54) is 12.1 Å². The van der Waals surface area contributed by atoms with Gasteiger partial charge in [-0.3, -0.25) is 0 Å². The zero-order valence-electron chi connectivity index (χ0n) is 15.4. The molecule has 148 valence electrons. The van der Waals surface area contributed by atoms with E-state index in [1.54, 1.807) is 24.5 Å². The van der Waals surface area contributed by atoms with Crippen LogP contribution in [0.4, 0.5) is 11.6 Å². The zero-order valence-corrected chi connectivity index (χ0v) is 16.9. The fourth-order valence-electron chi connectivity index (χ4n) is 3.09. The van der Waals surface area contributed by atoms with Crippen molar-refractivity contribution >= 4 is 44.2 Å². The molecular weight excluding hydrogens is 412 g/mol. The molecule has 0 bridgehead atoms. The number of nitrogens with zero attached hydrogens (tertiary/aromatic N) is 4. The largest absolute Gasteiger partial charge is 0.345 e. The van der Waals surface area contributed by atoms with Crippen molar-refractivity contribution in [3.05, 3.63) is 60.1 Å². The van der Waals surface area contributed by atoms with Crippen molar-refractivity contribution in [3.8, 4) is 11.3 Å². The van der Waals surface area contributed by atoms with Gasteiger partial charge in [-0.05, 0) is 43.3 Å². The van der Waals surface area contributed by atoms with Crippen LogP contribution in [0.1, 0.15) is 6.92 Å². The molecule has 0 aliphatic heterocycles. The van der Waals surface area contributed by atoms with Gasteiger partial charge < -0.3 is 9.88 Å². The van der Waals surface area contributed by atoms with E-state index in [0.29, 0.717) is 16.8 Å². The smallest absolute Gasteiger partial charge is 0.238 e. The van der Waals surface area contributed by atoms with Crippen molar-refractivity contribution in [1.82, 2.24) is 19.5 Å². The highest BCUT2D eigenvalue weighted by Crippen LogP contribution is 2.33. The number of primary sulfonamides is 1. The first kappa shape index (κ1) is 19.3. The normalized spacial score (nSPS) is 11.7. The monoisotopic (exact) mass is 428 g/mol. The molecule has 1 aromatic carbocycles. The van der Waals surface area contributed by atoms with Crippen molar-refractivity contribution in [1.29, 1.82) is 0 Å². The number of aromatic nitrogens is 4. The highest BCUT2D eigenvalue weighted by molar-refractivity contribution is 7.89. The minimum Gasteiger partial charge on any atom is -0.345 e. The molecule has 8 nitrogen and oxygen atoms in total. The van der Waals surface area contributed by atoms with Gasteiger partial charge in [0, 0.05) is 41.8 Å². The van der Waals surface area contributed by atoms with Gasteiger partial charge in [0.05, 0.1) is 16.1 Å². The number of rotatable bonds is 5. The third-order valence-corrected chi connectivity index (χ3v) is 5.66. The summed E-state index contributed by atoms with van der Waals surface area (Å²) in [5.41, 5.74) is 3.14. The van der Waals surface area contributed by atoms with Crippen LogP contribution >= 0.6 is 11.6 Å². The Bertz CT molecular complexity index is 1300. The second-order valence-corrected chi connectivity index (χ2v) is 8.21. The lowest BCUT2D eigenvalue weighted by molar-refractivity contribution is 0.598. The molecule has 0 aliphatic rings. The molecule has 29 heavy (non-hydrogen) atoms. The van der Waals surface area contributed by atoms with E-state index >= 15 is 0 Å². The number of nitrogens with one attached hydrogen (secondary N) is 1. The molecule has 10 heteroatoms. The Morgan fingerprint density at radius 3 is 2.52 bits per heavy atom. The molecule has 0 fully saturated rings. The van der Waals surface area contributed by atoms with Gasteiger partial charge in [-0.2, -0.15) is 0 Å². The summed E-state index contributed by atoms with van der Waals surface area (Å²) in [7, 11) is -3.74. The molecule has 4 aromatic rings. The molecule has 0 amide bonds. The van der Waals surface area contributed by atoms with Crippen molar-refractivity contribution in [2.24, 2.45) is 5.14 Å². The fraction of sp³-hybridized carbons (Fsp3) is 0.105. The number of hydrogen-bond acceptors (Lipinski definition) is 6. The summed E-state index contributed by atoms with van der Waals surface area (Å²) in [5.74, 6) is 0.378. The van der Waals surface area contributed by atoms with Crippen LogP contribution in [0.3, 0.4) is 0 Å². The van der Waals surface area contributed by atoms with E-state index in [2.05, 4.69) is 20.3 Å². The highest BCUT2D eigenvalue weighted by atomic mass is 35.5. The highest BCUT2D eigenvalue weighted by Gasteiger charge is 2.14. The molecular formula is C19H17ClN6O2S. The SMILES string of the molecule is CCn1cc(-c2ccnc(Nc3ccc(S(N)(=O)=O)cc3)n2)c2ccnc(Cl)c21. The van der Waals surface area contributed by atoms with Crippen LogP contribution in [0.25, 0.3) is 22.2 Å². The van der Waals surface area contributed by atoms with E-state index < -0.39 is 10.0 Å². The predicted molar refractivity (Wildman–Crippen MR) is 113 cm³/mol. The van der Waals surface area contributed by atoms with Crippen molar-refractivity contribution in [2.75, 3.05) is 5.32 Å². The third-order valence-electron chi connectivity index (χ3n) is 4.45. The Balaban J connectivity index is 1.70. The van der Waals surface area contributed by atoms with Gasteiger partial charge in [0.1, 0.15) is 0 Å². The van der Waals surface area contributed by atoms with Gasteiger partial charge >= 0.3 is 0 Å². The number of halogens is 1.